The summed E-state index contributed by atoms with van der Waals surface area (Å²) >= 11 is 0. The summed E-state index contributed by atoms with van der Waals surface area (Å²) in [7, 11) is 0. The normalized spacial score (nSPS) is 10.0. The average molecular weight is 185 g/mol. The largest absolute Gasteiger partial charge is 0.396 e. The summed E-state index contributed by atoms with van der Waals surface area (Å²) in [5, 5.41) is 1.20. The van der Waals surface area contributed by atoms with E-state index < -0.39 is 5.82 Å². The summed E-state index contributed by atoms with van der Waals surface area (Å²) in [6.45, 7) is 0. The van der Waals surface area contributed by atoms with Gasteiger partial charge in [0.2, 0.25) is 0 Å². The predicted octanol–water partition coefficient (Wildman–Crippen LogP) is 2.54. The molecule has 0 amide bonds. The molecule has 2 heteroatoms. The van der Waals surface area contributed by atoms with Crippen LogP contribution in [0.5, 0.6) is 0 Å². The third-order valence-corrected chi connectivity index (χ3v) is 2.18. The molecular weight excluding hydrogens is 177 g/mol. The molecule has 1 nitrogen and oxygen atoms in total. The van der Waals surface area contributed by atoms with Crippen LogP contribution in [-0.2, 0) is 0 Å². The molecule has 0 aromatic heterocycles. The zero-order valence-electron chi connectivity index (χ0n) is 7.42. The molecule has 0 aliphatic heterocycles. The Labute approximate surface area is 81.3 Å². The quantitative estimate of drug-likeness (QED) is 0.495. The van der Waals surface area contributed by atoms with E-state index in [-0.39, 0.29) is 5.69 Å². The van der Waals surface area contributed by atoms with Gasteiger partial charge in [0.25, 0.3) is 0 Å². The van der Waals surface area contributed by atoms with Crippen molar-refractivity contribution < 1.29 is 4.39 Å². The Hall–Kier alpha value is -2.01. The van der Waals surface area contributed by atoms with Crippen LogP contribution >= 0.6 is 0 Å². The van der Waals surface area contributed by atoms with Crippen molar-refractivity contribution in [3.05, 3.63) is 41.7 Å². The first-order valence-electron chi connectivity index (χ1n) is 4.17. The van der Waals surface area contributed by atoms with Crippen molar-refractivity contribution in [2.24, 2.45) is 0 Å². The van der Waals surface area contributed by atoms with Gasteiger partial charge in [0, 0.05) is 16.3 Å². The lowest BCUT2D eigenvalue weighted by Gasteiger charge is -2.03. The van der Waals surface area contributed by atoms with Gasteiger partial charge in [0.1, 0.15) is 0 Å². The minimum Gasteiger partial charge on any atom is -0.396 e. The van der Waals surface area contributed by atoms with Gasteiger partial charge in [0.05, 0.1) is 5.69 Å². The van der Waals surface area contributed by atoms with Crippen molar-refractivity contribution in [2.75, 3.05) is 5.73 Å². The van der Waals surface area contributed by atoms with E-state index in [1.165, 1.54) is 6.07 Å². The van der Waals surface area contributed by atoms with Gasteiger partial charge in [0.15, 0.2) is 5.82 Å². The van der Waals surface area contributed by atoms with E-state index in [9.17, 15) is 4.39 Å². The van der Waals surface area contributed by atoms with Gasteiger partial charge >= 0.3 is 0 Å². The molecule has 0 aliphatic rings. The summed E-state index contributed by atoms with van der Waals surface area (Å²) in [6.07, 6.45) is 5.30. The first-order chi connectivity index (χ1) is 6.74. The molecule has 2 aromatic carbocycles. The standard InChI is InChI=1S/C12H8FN/c1-2-8-4-3-5-10-9(8)6-7-11(14)12(10)13/h1,3-7H,14H2. The molecule has 2 aromatic rings. The van der Waals surface area contributed by atoms with Gasteiger partial charge in [-0.2, -0.15) is 0 Å². The Bertz CT molecular complexity index is 538. The van der Waals surface area contributed by atoms with Crippen LogP contribution in [0.25, 0.3) is 10.8 Å². The molecule has 0 spiro atoms. The fraction of sp³-hybridized carbons (Fsp3) is 0. The molecule has 0 saturated heterocycles. The highest BCUT2D eigenvalue weighted by Gasteiger charge is 2.05. The lowest BCUT2D eigenvalue weighted by Crippen LogP contribution is -1.92. The molecule has 2 rings (SSSR count). The molecule has 0 bridgehead atoms. The van der Waals surface area contributed by atoms with E-state index in [0.29, 0.717) is 10.9 Å². The summed E-state index contributed by atoms with van der Waals surface area (Å²) < 4.78 is 13.5. The highest BCUT2D eigenvalue weighted by Crippen LogP contribution is 2.24. The molecule has 68 valence electrons. The fourth-order valence-corrected chi connectivity index (χ4v) is 1.46. The smallest absolute Gasteiger partial charge is 0.153 e. The topological polar surface area (TPSA) is 26.0 Å². The number of fused-ring (bicyclic) bond motifs is 1. The Balaban J connectivity index is 2.95. The van der Waals surface area contributed by atoms with E-state index in [1.54, 1.807) is 24.3 Å². The van der Waals surface area contributed by atoms with Crippen LogP contribution in [0.3, 0.4) is 0 Å². The molecule has 14 heavy (non-hydrogen) atoms. The first kappa shape index (κ1) is 8.58. The summed E-state index contributed by atoms with van der Waals surface area (Å²) in [5.41, 5.74) is 6.28. The van der Waals surface area contributed by atoms with Gasteiger partial charge in [-0.05, 0) is 12.1 Å². The first-order valence-corrected chi connectivity index (χ1v) is 4.17. The van der Waals surface area contributed by atoms with E-state index in [2.05, 4.69) is 5.92 Å². The highest BCUT2D eigenvalue weighted by atomic mass is 19.1. The molecule has 0 aliphatic carbocycles. The number of terminal acetylenes is 1. The Morgan fingerprint density at radius 3 is 2.64 bits per heavy atom. The lowest BCUT2D eigenvalue weighted by atomic mass is 10.0. The van der Waals surface area contributed by atoms with Crippen molar-refractivity contribution in [1.29, 1.82) is 0 Å². The fourth-order valence-electron chi connectivity index (χ4n) is 1.46. The number of anilines is 1. The molecule has 2 N–H and O–H groups in total. The van der Waals surface area contributed by atoms with Crippen LogP contribution in [0, 0.1) is 18.2 Å². The van der Waals surface area contributed by atoms with E-state index in [0.717, 1.165) is 5.39 Å². The van der Waals surface area contributed by atoms with Gasteiger partial charge in [-0.15, -0.1) is 6.42 Å². The second kappa shape index (κ2) is 3.04. The summed E-state index contributed by atoms with van der Waals surface area (Å²) in [5.74, 6) is 2.11. The van der Waals surface area contributed by atoms with Crippen LogP contribution in [0.1, 0.15) is 5.56 Å². The number of hydrogen-bond acceptors (Lipinski definition) is 1. The molecule has 0 saturated carbocycles. The molecule has 0 atom stereocenters. The maximum absolute atomic E-state index is 13.5. The maximum Gasteiger partial charge on any atom is 0.153 e. The SMILES string of the molecule is C#Cc1cccc2c(F)c(N)ccc12. The van der Waals surface area contributed by atoms with Crippen LogP contribution in [0.2, 0.25) is 0 Å². The van der Waals surface area contributed by atoms with Crippen molar-refractivity contribution >= 4 is 16.5 Å². The zero-order chi connectivity index (χ0) is 10.1. The summed E-state index contributed by atoms with van der Waals surface area (Å²) in [4.78, 5) is 0. The van der Waals surface area contributed by atoms with Gasteiger partial charge in [-0.1, -0.05) is 24.1 Å². The van der Waals surface area contributed by atoms with Gasteiger partial charge in [-0.25, -0.2) is 4.39 Å². The molecule has 0 fully saturated rings. The maximum atomic E-state index is 13.5. The number of halogens is 1. The highest BCUT2D eigenvalue weighted by molar-refractivity contribution is 5.90. The summed E-state index contributed by atoms with van der Waals surface area (Å²) in [6, 6.07) is 8.43. The number of nitrogens with two attached hydrogens (primary N) is 1. The van der Waals surface area contributed by atoms with Crippen LogP contribution < -0.4 is 5.73 Å². The number of benzene rings is 2. The van der Waals surface area contributed by atoms with Crippen LogP contribution in [0.4, 0.5) is 10.1 Å². The second-order valence-electron chi connectivity index (χ2n) is 3.01. The number of nitrogen functional groups attached to an aromatic ring is 1. The van der Waals surface area contributed by atoms with E-state index in [4.69, 9.17) is 12.2 Å². The van der Waals surface area contributed by atoms with Gasteiger partial charge < -0.3 is 5.73 Å². The average Bonchev–Trinajstić information content (AvgIpc) is 2.23. The van der Waals surface area contributed by atoms with E-state index >= 15 is 0 Å². The monoisotopic (exact) mass is 185 g/mol. The number of hydrogen-bond donors (Lipinski definition) is 1. The molecular formula is C12H8FN. The van der Waals surface area contributed by atoms with Crippen molar-refractivity contribution in [3.63, 3.8) is 0 Å². The third-order valence-electron chi connectivity index (χ3n) is 2.18. The second-order valence-corrected chi connectivity index (χ2v) is 3.01. The van der Waals surface area contributed by atoms with Crippen molar-refractivity contribution in [1.82, 2.24) is 0 Å². The minimum absolute atomic E-state index is 0.145. The van der Waals surface area contributed by atoms with Crippen LogP contribution in [-0.4, -0.2) is 0 Å². The third kappa shape index (κ3) is 1.11. The Morgan fingerprint density at radius 1 is 1.14 bits per heavy atom. The Morgan fingerprint density at radius 2 is 1.93 bits per heavy atom. The van der Waals surface area contributed by atoms with Crippen LogP contribution in [0.15, 0.2) is 30.3 Å². The lowest BCUT2D eigenvalue weighted by molar-refractivity contribution is 0.644. The van der Waals surface area contributed by atoms with Gasteiger partial charge in [-0.3, -0.25) is 0 Å². The number of rotatable bonds is 0. The van der Waals surface area contributed by atoms with Crippen molar-refractivity contribution in [2.45, 2.75) is 0 Å². The molecule has 0 heterocycles. The minimum atomic E-state index is -0.403. The van der Waals surface area contributed by atoms with E-state index in [1.807, 2.05) is 0 Å². The van der Waals surface area contributed by atoms with Crippen molar-refractivity contribution in [3.8, 4) is 12.3 Å². The molecule has 0 unspecified atom stereocenters. The molecule has 0 radical (unpaired) electrons. The Kier molecular flexibility index (Phi) is 1.86. The predicted molar refractivity (Wildman–Crippen MR) is 56.3 cm³/mol. The zero-order valence-corrected chi connectivity index (χ0v) is 7.42.